The third-order valence-corrected chi connectivity index (χ3v) is 5.60. The summed E-state index contributed by atoms with van der Waals surface area (Å²) in [6.07, 6.45) is 1.79. The van der Waals surface area contributed by atoms with E-state index in [2.05, 4.69) is 39.2 Å². The monoisotopic (exact) mass is 412 g/mol. The molecular formula is C21H25ClN6O. The minimum absolute atomic E-state index is 0.0516. The first kappa shape index (κ1) is 19.6. The second-order valence-electron chi connectivity index (χ2n) is 7.87. The summed E-state index contributed by atoms with van der Waals surface area (Å²) in [6, 6.07) is 11.3. The van der Waals surface area contributed by atoms with E-state index in [4.69, 9.17) is 16.6 Å². The first-order valence-corrected chi connectivity index (χ1v) is 10.4. The molecule has 1 aliphatic rings. The SMILES string of the molecule is CC(C)[C@@H](NC(=O)[C@@H]1CCCN(c2ccc(Cl)nn2)C1)c1nc2ccccc2[nH]1. The molecule has 1 aromatic carbocycles. The number of hydrogen-bond acceptors (Lipinski definition) is 5. The number of nitrogens with zero attached hydrogens (tertiary/aromatic N) is 4. The number of carbonyl (C=O) groups excluding carboxylic acids is 1. The molecule has 0 bridgehead atoms. The number of carbonyl (C=O) groups is 1. The molecule has 3 aromatic rings. The number of halogens is 1. The van der Waals surface area contributed by atoms with Crippen LogP contribution >= 0.6 is 11.6 Å². The average molecular weight is 413 g/mol. The molecule has 8 heteroatoms. The lowest BCUT2D eigenvalue weighted by Crippen LogP contribution is -2.45. The van der Waals surface area contributed by atoms with E-state index in [0.717, 1.165) is 42.1 Å². The Hall–Kier alpha value is -2.67. The van der Waals surface area contributed by atoms with E-state index in [1.807, 2.05) is 30.3 Å². The molecule has 7 nitrogen and oxygen atoms in total. The van der Waals surface area contributed by atoms with Gasteiger partial charge in [-0.3, -0.25) is 4.79 Å². The van der Waals surface area contributed by atoms with Crippen LogP contribution in [-0.4, -0.2) is 39.2 Å². The standard InChI is InChI=1S/C21H25ClN6O/c1-13(2)19(20-23-15-7-3-4-8-16(15)24-20)25-21(29)14-6-5-11-28(12-14)18-10-9-17(22)26-27-18/h3-4,7-10,13-14,19H,5-6,11-12H2,1-2H3,(H,23,24)(H,25,29)/t14-,19-/m1/s1. The van der Waals surface area contributed by atoms with E-state index in [1.54, 1.807) is 6.07 Å². The minimum Gasteiger partial charge on any atom is -0.354 e. The fourth-order valence-electron chi connectivity index (χ4n) is 3.82. The highest BCUT2D eigenvalue weighted by Crippen LogP contribution is 2.26. The van der Waals surface area contributed by atoms with Crippen LogP contribution in [0.4, 0.5) is 5.82 Å². The smallest absolute Gasteiger partial charge is 0.225 e. The highest BCUT2D eigenvalue weighted by molar-refractivity contribution is 6.29. The van der Waals surface area contributed by atoms with Crippen LogP contribution in [0.15, 0.2) is 36.4 Å². The lowest BCUT2D eigenvalue weighted by Gasteiger charge is -2.33. The molecule has 0 spiro atoms. The van der Waals surface area contributed by atoms with Crippen LogP contribution in [0.3, 0.4) is 0 Å². The van der Waals surface area contributed by atoms with Gasteiger partial charge in [0.2, 0.25) is 5.91 Å². The van der Waals surface area contributed by atoms with Crippen LogP contribution in [0, 0.1) is 11.8 Å². The molecule has 29 heavy (non-hydrogen) atoms. The molecule has 2 N–H and O–H groups in total. The molecule has 2 atom stereocenters. The zero-order chi connectivity index (χ0) is 20.4. The van der Waals surface area contributed by atoms with Gasteiger partial charge in [-0.1, -0.05) is 37.6 Å². The Balaban J connectivity index is 1.48. The van der Waals surface area contributed by atoms with Crippen molar-refractivity contribution in [1.29, 1.82) is 0 Å². The maximum absolute atomic E-state index is 13.1. The number of piperidine rings is 1. The van der Waals surface area contributed by atoms with Gasteiger partial charge in [0.15, 0.2) is 11.0 Å². The van der Waals surface area contributed by atoms with Crippen LogP contribution in [0.5, 0.6) is 0 Å². The molecule has 4 rings (SSSR count). The first-order valence-electron chi connectivity index (χ1n) is 10.0. The summed E-state index contributed by atoms with van der Waals surface area (Å²) >= 11 is 5.84. The van der Waals surface area contributed by atoms with Gasteiger partial charge in [-0.2, -0.15) is 0 Å². The summed E-state index contributed by atoms with van der Waals surface area (Å²) in [7, 11) is 0. The number of rotatable bonds is 5. The number of para-hydroxylation sites is 2. The van der Waals surface area contributed by atoms with Crippen LogP contribution < -0.4 is 10.2 Å². The quantitative estimate of drug-likeness (QED) is 0.666. The molecule has 0 radical (unpaired) electrons. The maximum Gasteiger partial charge on any atom is 0.225 e. The largest absolute Gasteiger partial charge is 0.354 e. The molecular weight excluding hydrogens is 388 g/mol. The van der Waals surface area contributed by atoms with Crippen molar-refractivity contribution in [3.63, 3.8) is 0 Å². The molecule has 0 unspecified atom stereocenters. The van der Waals surface area contributed by atoms with Crippen LogP contribution in [0.1, 0.15) is 38.6 Å². The number of hydrogen-bond donors (Lipinski definition) is 2. The van der Waals surface area contributed by atoms with Gasteiger partial charge >= 0.3 is 0 Å². The molecule has 0 aliphatic carbocycles. The van der Waals surface area contributed by atoms with Crippen molar-refractivity contribution in [3.05, 3.63) is 47.4 Å². The van der Waals surface area contributed by atoms with E-state index in [0.29, 0.717) is 11.7 Å². The van der Waals surface area contributed by atoms with Crippen molar-refractivity contribution in [3.8, 4) is 0 Å². The summed E-state index contributed by atoms with van der Waals surface area (Å²) in [5.41, 5.74) is 1.89. The number of fused-ring (bicyclic) bond motifs is 1. The van der Waals surface area contributed by atoms with Crippen LogP contribution in [0.2, 0.25) is 5.15 Å². The lowest BCUT2D eigenvalue weighted by atomic mass is 9.95. The molecule has 2 aromatic heterocycles. The predicted octanol–water partition coefficient (Wildman–Crippen LogP) is 3.74. The summed E-state index contributed by atoms with van der Waals surface area (Å²) in [4.78, 5) is 23.2. The van der Waals surface area contributed by atoms with Crippen molar-refractivity contribution < 1.29 is 4.79 Å². The Morgan fingerprint density at radius 1 is 1.24 bits per heavy atom. The van der Waals surface area contributed by atoms with Gasteiger partial charge in [0.25, 0.3) is 0 Å². The fourth-order valence-corrected chi connectivity index (χ4v) is 3.92. The van der Waals surface area contributed by atoms with Crippen molar-refractivity contribution in [2.24, 2.45) is 11.8 Å². The Morgan fingerprint density at radius 2 is 2.07 bits per heavy atom. The Morgan fingerprint density at radius 3 is 2.79 bits per heavy atom. The molecule has 0 saturated carbocycles. The summed E-state index contributed by atoms with van der Waals surface area (Å²) in [5.74, 6) is 1.71. The van der Waals surface area contributed by atoms with E-state index in [9.17, 15) is 4.79 Å². The Labute approximate surface area is 174 Å². The number of H-pyrrole nitrogens is 1. The molecule has 1 fully saturated rings. The van der Waals surface area contributed by atoms with Crippen LogP contribution in [0.25, 0.3) is 11.0 Å². The number of amides is 1. The Kier molecular flexibility index (Phi) is 5.67. The van der Waals surface area contributed by atoms with Crippen LogP contribution in [-0.2, 0) is 4.79 Å². The zero-order valence-electron chi connectivity index (χ0n) is 16.6. The van der Waals surface area contributed by atoms with Gasteiger partial charge in [0.1, 0.15) is 5.82 Å². The minimum atomic E-state index is -0.166. The summed E-state index contributed by atoms with van der Waals surface area (Å²) in [5, 5.41) is 11.7. The van der Waals surface area contributed by atoms with E-state index >= 15 is 0 Å². The van der Waals surface area contributed by atoms with Crippen molar-refractivity contribution >= 4 is 34.4 Å². The van der Waals surface area contributed by atoms with E-state index in [1.165, 1.54) is 0 Å². The predicted molar refractivity (Wildman–Crippen MR) is 114 cm³/mol. The van der Waals surface area contributed by atoms with Crippen molar-refractivity contribution in [2.75, 3.05) is 18.0 Å². The number of anilines is 1. The molecule has 152 valence electrons. The van der Waals surface area contributed by atoms with E-state index < -0.39 is 0 Å². The first-order chi connectivity index (χ1) is 14.0. The number of aromatic amines is 1. The highest BCUT2D eigenvalue weighted by atomic mass is 35.5. The molecule has 1 saturated heterocycles. The maximum atomic E-state index is 13.1. The third-order valence-electron chi connectivity index (χ3n) is 5.40. The second-order valence-corrected chi connectivity index (χ2v) is 8.26. The summed E-state index contributed by atoms with van der Waals surface area (Å²) < 4.78 is 0. The normalized spacial score (nSPS) is 18.2. The zero-order valence-corrected chi connectivity index (χ0v) is 17.4. The highest BCUT2D eigenvalue weighted by Gasteiger charge is 2.30. The van der Waals surface area contributed by atoms with E-state index in [-0.39, 0.29) is 23.8 Å². The van der Waals surface area contributed by atoms with Crippen molar-refractivity contribution in [1.82, 2.24) is 25.5 Å². The van der Waals surface area contributed by atoms with Gasteiger partial charge in [0.05, 0.1) is 23.0 Å². The molecule has 1 amide bonds. The fraction of sp³-hybridized carbons (Fsp3) is 0.429. The van der Waals surface area contributed by atoms with Gasteiger partial charge < -0.3 is 15.2 Å². The topological polar surface area (TPSA) is 86.8 Å². The molecule has 3 heterocycles. The van der Waals surface area contributed by atoms with Gasteiger partial charge in [0, 0.05) is 13.1 Å². The van der Waals surface area contributed by atoms with Gasteiger partial charge in [-0.05, 0) is 43.0 Å². The number of aromatic nitrogens is 4. The number of nitrogens with one attached hydrogen (secondary N) is 2. The average Bonchev–Trinajstić information content (AvgIpc) is 3.16. The van der Waals surface area contributed by atoms with Crippen molar-refractivity contribution in [2.45, 2.75) is 32.7 Å². The van der Waals surface area contributed by atoms with Gasteiger partial charge in [-0.15, -0.1) is 10.2 Å². The third kappa shape index (κ3) is 4.34. The molecule has 1 aliphatic heterocycles. The Bertz CT molecular complexity index is 953. The van der Waals surface area contributed by atoms with Gasteiger partial charge in [-0.25, -0.2) is 4.98 Å². The summed E-state index contributed by atoms with van der Waals surface area (Å²) in [6.45, 7) is 5.66. The number of benzene rings is 1. The number of imidazole rings is 1. The second kappa shape index (κ2) is 8.37. The lowest BCUT2D eigenvalue weighted by molar-refractivity contribution is -0.126.